The monoisotopic (exact) mass is 272 g/mol. The highest BCUT2D eigenvalue weighted by molar-refractivity contribution is 5.81. The average molecular weight is 272 g/mol. The molecule has 0 aliphatic rings. The van der Waals surface area contributed by atoms with E-state index in [9.17, 15) is 4.79 Å². The summed E-state index contributed by atoms with van der Waals surface area (Å²) in [5, 5.41) is 8.10. The van der Waals surface area contributed by atoms with Gasteiger partial charge < -0.3 is 9.84 Å². The zero-order valence-corrected chi connectivity index (χ0v) is 11.4. The first-order valence-electron chi connectivity index (χ1n) is 6.15. The number of allylic oxidation sites excluding steroid dienone is 4. The molecule has 3 nitrogen and oxygen atoms in total. The van der Waals surface area contributed by atoms with Crippen LogP contribution in [0.25, 0.3) is 6.08 Å². The summed E-state index contributed by atoms with van der Waals surface area (Å²) in [4.78, 5) is 10.1. The molecule has 0 heterocycles. The van der Waals surface area contributed by atoms with E-state index in [1.54, 1.807) is 6.08 Å². The van der Waals surface area contributed by atoms with Crippen LogP contribution >= 0.6 is 0 Å². The van der Waals surface area contributed by atoms with Crippen molar-refractivity contribution in [2.75, 3.05) is 13.2 Å². The third-order valence-electron chi connectivity index (χ3n) is 1.95. The third-order valence-corrected chi connectivity index (χ3v) is 1.95. The van der Waals surface area contributed by atoms with Gasteiger partial charge in [-0.15, -0.1) is 0 Å². The van der Waals surface area contributed by atoms with Crippen LogP contribution in [0.15, 0.2) is 73.9 Å². The first-order chi connectivity index (χ1) is 9.74. The molecule has 0 atom stereocenters. The number of esters is 1. The molecule has 0 aliphatic heterocycles. The fourth-order valence-corrected chi connectivity index (χ4v) is 1.08. The summed E-state index contributed by atoms with van der Waals surface area (Å²) in [5.41, 5.74) is 1.21. The minimum absolute atomic E-state index is 0.0465. The Kier molecular flexibility index (Phi) is 11.5. The van der Waals surface area contributed by atoms with Gasteiger partial charge in [-0.05, 0) is 5.56 Å². The van der Waals surface area contributed by atoms with Crippen molar-refractivity contribution in [2.24, 2.45) is 0 Å². The van der Waals surface area contributed by atoms with Crippen molar-refractivity contribution < 1.29 is 14.6 Å². The minimum atomic E-state index is -0.501. The van der Waals surface area contributed by atoms with Crippen LogP contribution in [0, 0.1) is 0 Å². The Bertz CT molecular complexity index is 445. The number of benzene rings is 1. The van der Waals surface area contributed by atoms with Gasteiger partial charge >= 0.3 is 5.97 Å². The first kappa shape index (κ1) is 17.6. The lowest BCUT2D eigenvalue weighted by atomic mass is 10.2. The Labute approximate surface area is 120 Å². The molecule has 0 amide bonds. The molecule has 1 rings (SSSR count). The zero-order valence-electron chi connectivity index (χ0n) is 11.4. The maximum atomic E-state index is 10.1. The number of hydrogen-bond donors (Lipinski definition) is 1. The van der Waals surface area contributed by atoms with Crippen LogP contribution in [0.4, 0.5) is 0 Å². The summed E-state index contributed by atoms with van der Waals surface area (Å²) in [7, 11) is 0. The molecular formula is C17H20O3. The Morgan fingerprint density at radius 2 is 1.85 bits per heavy atom. The van der Waals surface area contributed by atoms with Crippen molar-refractivity contribution in [3.63, 3.8) is 0 Å². The first-order valence-corrected chi connectivity index (χ1v) is 6.15. The van der Waals surface area contributed by atoms with Crippen molar-refractivity contribution in [2.45, 2.75) is 0 Å². The van der Waals surface area contributed by atoms with Crippen LogP contribution in [0.3, 0.4) is 0 Å². The predicted octanol–water partition coefficient (Wildman–Crippen LogP) is 3.15. The fraction of sp³-hybridized carbons (Fsp3) is 0.118. The molecule has 1 aromatic carbocycles. The van der Waals surface area contributed by atoms with Crippen LogP contribution < -0.4 is 0 Å². The highest BCUT2D eigenvalue weighted by atomic mass is 16.5. The van der Waals surface area contributed by atoms with E-state index in [2.05, 4.69) is 36.1 Å². The van der Waals surface area contributed by atoms with Gasteiger partial charge in [0.2, 0.25) is 0 Å². The van der Waals surface area contributed by atoms with Crippen molar-refractivity contribution in [1.82, 2.24) is 0 Å². The second-order valence-electron chi connectivity index (χ2n) is 3.49. The van der Waals surface area contributed by atoms with E-state index in [-0.39, 0.29) is 13.2 Å². The second-order valence-corrected chi connectivity index (χ2v) is 3.49. The van der Waals surface area contributed by atoms with Crippen LogP contribution in [-0.2, 0) is 9.53 Å². The number of carbonyl (C=O) groups excluding carboxylic acids is 1. The number of ether oxygens (including phenoxy) is 1. The molecule has 0 radical (unpaired) electrons. The van der Waals surface area contributed by atoms with E-state index < -0.39 is 5.97 Å². The second kappa shape index (κ2) is 13.1. The average Bonchev–Trinajstić information content (AvgIpc) is 2.51. The smallest absolute Gasteiger partial charge is 0.330 e. The van der Waals surface area contributed by atoms with Crippen molar-refractivity contribution in [3.8, 4) is 0 Å². The molecular weight excluding hydrogens is 252 g/mol. The normalized spacial score (nSPS) is 9.85. The summed E-state index contributed by atoms with van der Waals surface area (Å²) >= 11 is 0. The summed E-state index contributed by atoms with van der Waals surface area (Å²) < 4.78 is 4.33. The number of rotatable bonds is 6. The summed E-state index contributed by atoms with van der Waals surface area (Å²) in [6, 6.07) is 10.2. The Hall–Kier alpha value is -2.39. The molecule has 3 heteroatoms. The lowest BCUT2D eigenvalue weighted by molar-refractivity contribution is -0.138. The fourth-order valence-electron chi connectivity index (χ4n) is 1.08. The van der Waals surface area contributed by atoms with Crippen LogP contribution in [-0.4, -0.2) is 24.3 Å². The van der Waals surface area contributed by atoms with Gasteiger partial charge in [-0.1, -0.05) is 73.9 Å². The molecule has 0 aliphatic carbocycles. The molecule has 0 saturated heterocycles. The molecule has 1 N–H and O–H groups in total. The van der Waals surface area contributed by atoms with E-state index in [1.165, 1.54) is 5.56 Å². The SMILES string of the molecule is C=CC(=O)OCCO.C=CC=CC=Cc1ccccc1. The molecule has 0 unspecified atom stereocenters. The van der Waals surface area contributed by atoms with E-state index in [0.29, 0.717) is 0 Å². The maximum absolute atomic E-state index is 10.1. The van der Waals surface area contributed by atoms with Gasteiger partial charge in [0.15, 0.2) is 0 Å². The Morgan fingerprint density at radius 1 is 1.15 bits per heavy atom. The Morgan fingerprint density at radius 3 is 2.40 bits per heavy atom. The lowest BCUT2D eigenvalue weighted by Crippen LogP contribution is -2.04. The number of carbonyl (C=O) groups is 1. The van der Waals surface area contributed by atoms with Crippen LogP contribution in [0.1, 0.15) is 5.56 Å². The molecule has 106 valence electrons. The minimum Gasteiger partial charge on any atom is -0.460 e. The molecule has 0 fully saturated rings. The third kappa shape index (κ3) is 10.7. The van der Waals surface area contributed by atoms with Gasteiger partial charge in [0.05, 0.1) is 6.61 Å². The predicted molar refractivity (Wildman–Crippen MR) is 83.1 cm³/mol. The van der Waals surface area contributed by atoms with Gasteiger partial charge in [0, 0.05) is 6.08 Å². The van der Waals surface area contributed by atoms with Crippen LogP contribution in [0.5, 0.6) is 0 Å². The van der Waals surface area contributed by atoms with Gasteiger partial charge in [0.25, 0.3) is 0 Å². The number of aliphatic hydroxyl groups excluding tert-OH is 1. The van der Waals surface area contributed by atoms with Gasteiger partial charge in [-0.3, -0.25) is 0 Å². The summed E-state index contributed by atoms with van der Waals surface area (Å²) in [6.07, 6.45) is 10.7. The van der Waals surface area contributed by atoms with Gasteiger partial charge in [-0.2, -0.15) is 0 Å². The Balaban J connectivity index is 0.000000396. The quantitative estimate of drug-likeness (QED) is 0.491. The summed E-state index contributed by atoms with van der Waals surface area (Å²) in [5.74, 6) is -0.501. The zero-order chi connectivity index (χ0) is 15.1. The topological polar surface area (TPSA) is 46.5 Å². The maximum Gasteiger partial charge on any atom is 0.330 e. The van der Waals surface area contributed by atoms with Crippen molar-refractivity contribution in [3.05, 3.63) is 79.4 Å². The molecule has 0 saturated carbocycles. The van der Waals surface area contributed by atoms with Crippen molar-refractivity contribution in [1.29, 1.82) is 0 Å². The van der Waals surface area contributed by atoms with E-state index >= 15 is 0 Å². The van der Waals surface area contributed by atoms with E-state index in [1.807, 2.05) is 36.4 Å². The molecule has 0 aromatic heterocycles. The highest BCUT2D eigenvalue weighted by Crippen LogP contribution is 2.00. The van der Waals surface area contributed by atoms with Gasteiger partial charge in [-0.25, -0.2) is 4.79 Å². The summed E-state index contributed by atoms with van der Waals surface area (Å²) in [6.45, 7) is 6.65. The van der Waals surface area contributed by atoms with E-state index in [0.717, 1.165) is 6.08 Å². The van der Waals surface area contributed by atoms with Crippen molar-refractivity contribution >= 4 is 12.0 Å². The van der Waals surface area contributed by atoms with Gasteiger partial charge in [0.1, 0.15) is 6.61 Å². The standard InChI is InChI=1S/C12H12.C5H8O3/c1-2-3-4-6-9-12-10-7-5-8-11-12;1-2-5(7)8-4-3-6/h2-11H,1H2;2,6H,1,3-4H2. The highest BCUT2D eigenvalue weighted by Gasteiger charge is 1.90. The number of aliphatic hydroxyl groups is 1. The molecule has 0 bridgehead atoms. The van der Waals surface area contributed by atoms with Crippen LogP contribution in [0.2, 0.25) is 0 Å². The van der Waals surface area contributed by atoms with E-state index in [4.69, 9.17) is 5.11 Å². The molecule has 20 heavy (non-hydrogen) atoms. The number of hydrogen-bond acceptors (Lipinski definition) is 3. The molecule has 0 spiro atoms. The molecule has 1 aromatic rings. The largest absolute Gasteiger partial charge is 0.460 e. The lowest BCUT2D eigenvalue weighted by Gasteiger charge is -1.94.